The number of nitrogens with one attached hydrogen (secondary N) is 2. The molecule has 1 saturated heterocycles. The SMILES string of the molecule is CCN1CCC(CCNC(=NC)NCC2(C(=O)N(C)C)CCCC2)CC1.I. The quantitative estimate of drug-likeness (QED) is 0.325. The first-order valence-corrected chi connectivity index (χ1v) is 10.4. The van der Waals surface area contributed by atoms with Crippen LogP contribution in [0, 0.1) is 11.3 Å². The summed E-state index contributed by atoms with van der Waals surface area (Å²) in [5.41, 5.74) is -0.256. The van der Waals surface area contributed by atoms with Crippen LogP contribution in [0.15, 0.2) is 4.99 Å². The highest BCUT2D eigenvalue weighted by Gasteiger charge is 2.42. The highest BCUT2D eigenvalue weighted by molar-refractivity contribution is 14.0. The number of amides is 1. The average molecular weight is 493 g/mol. The maximum atomic E-state index is 12.7. The van der Waals surface area contributed by atoms with E-state index < -0.39 is 0 Å². The number of guanidine groups is 1. The molecular formula is C20H40IN5O. The van der Waals surface area contributed by atoms with E-state index in [9.17, 15) is 4.79 Å². The molecule has 2 rings (SSSR count). The summed E-state index contributed by atoms with van der Waals surface area (Å²) in [5.74, 6) is 1.90. The van der Waals surface area contributed by atoms with Gasteiger partial charge in [0, 0.05) is 34.2 Å². The van der Waals surface area contributed by atoms with Crippen LogP contribution in [0.25, 0.3) is 0 Å². The molecule has 7 heteroatoms. The number of carbonyl (C=O) groups excluding carboxylic acids is 1. The Morgan fingerprint density at radius 1 is 1.19 bits per heavy atom. The van der Waals surface area contributed by atoms with Gasteiger partial charge in [0.2, 0.25) is 5.91 Å². The van der Waals surface area contributed by atoms with Crippen LogP contribution in [-0.2, 0) is 4.79 Å². The van der Waals surface area contributed by atoms with Gasteiger partial charge in [-0.05, 0) is 57.7 Å². The molecule has 0 unspecified atom stereocenters. The Balaban J connectivity index is 0.00000364. The molecule has 1 heterocycles. The topological polar surface area (TPSA) is 60.0 Å². The van der Waals surface area contributed by atoms with Crippen molar-refractivity contribution in [2.75, 3.05) is 53.9 Å². The predicted molar refractivity (Wildman–Crippen MR) is 124 cm³/mol. The predicted octanol–water partition coefficient (Wildman–Crippen LogP) is 2.54. The van der Waals surface area contributed by atoms with Gasteiger partial charge in [0.1, 0.15) is 0 Å². The summed E-state index contributed by atoms with van der Waals surface area (Å²) in [5, 5.41) is 6.88. The molecule has 158 valence electrons. The Labute approximate surface area is 182 Å². The van der Waals surface area contributed by atoms with Gasteiger partial charge in [-0.15, -0.1) is 24.0 Å². The van der Waals surface area contributed by atoms with Crippen molar-refractivity contribution in [3.63, 3.8) is 0 Å². The number of hydrogen-bond acceptors (Lipinski definition) is 3. The molecule has 6 nitrogen and oxygen atoms in total. The van der Waals surface area contributed by atoms with Crippen molar-refractivity contribution in [2.24, 2.45) is 16.3 Å². The minimum Gasteiger partial charge on any atom is -0.356 e. The lowest BCUT2D eigenvalue weighted by molar-refractivity contribution is -0.138. The minimum atomic E-state index is -0.256. The fraction of sp³-hybridized carbons (Fsp3) is 0.900. The summed E-state index contributed by atoms with van der Waals surface area (Å²) in [6.45, 7) is 7.53. The van der Waals surface area contributed by atoms with Gasteiger partial charge in [-0.25, -0.2) is 0 Å². The smallest absolute Gasteiger partial charge is 0.230 e. The van der Waals surface area contributed by atoms with Crippen molar-refractivity contribution in [3.05, 3.63) is 0 Å². The van der Waals surface area contributed by atoms with Gasteiger partial charge < -0.3 is 20.4 Å². The number of likely N-dealkylation sites (tertiary alicyclic amines) is 1. The number of rotatable bonds is 7. The second kappa shape index (κ2) is 12.1. The van der Waals surface area contributed by atoms with Crippen molar-refractivity contribution in [1.82, 2.24) is 20.4 Å². The molecule has 0 spiro atoms. The van der Waals surface area contributed by atoms with E-state index in [1.165, 1.54) is 38.9 Å². The van der Waals surface area contributed by atoms with E-state index in [4.69, 9.17) is 0 Å². The van der Waals surface area contributed by atoms with Gasteiger partial charge in [-0.2, -0.15) is 0 Å². The number of piperidine rings is 1. The zero-order chi connectivity index (χ0) is 19.0. The Morgan fingerprint density at radius 2 is 1.81 bits per heavy atom. The van der Waals surface area contributed by atoms with Crippen LogP contribution in [0.3, 0.4) is 0 Å². The van der Waals surface area contributed by atoms with E-state index in [2.05, 4.69) is 27.4 Å². The second-order valence-corrected chi connectivity index (χ2v) is 8.21. The third kappa shape index (κ3) is 7.07. The van der Waals surface area contributed by atoms with E-state index in [1.54, 1.807) is 4.90 Å². The molecule has 1 aliphatic carbocycles. The Hall–Kier alpha value is -0.570. The first-order valence-electron chi connectivity index (χ1n) is 10.4. The van der Waals surface area contributed by atoms with Gasteiger partial charge >= 0.3 is 0 Å². The number of halogens is 1. The molecule has 0 radical (unpaired) electrons. The summed E-state index contributed by atoms with van der Waals surface area (Å²) in [7, 11) is 5.53. The molecule has 1 saturated carbocycles. The molecule has 2 aliphatic rings. The number of aliphatic imine (C=N–C) groups is 1. The molecule has 1 aliphatic heterocycles. The monoisotopic (exact) mass is 493 g/mol. The first-order chi connectivity index (χ1) is 12.5. The van der Waals surface area contributed by atoms with Crippen LogP contribution in [0.5, 0.6) is 0 Å². The highest BCUT2D eigenvalue weighted by Crippen LogP contribution is 2.38. The average Bonchev–Trinajstić information content (AvgIpc) is 3.14. The van der Waals surface area contributed by atoms with Gasteiger partial charge in [-0.1, -0.05) is 19.8 Å². The van der Waals surface area contributed by atoms with Gasteiger partial charge in [0.05, 0.1) is 5.41 Å². The largest absolute Gasteiger partial charge is 0.356 e. The maximum absolute atomic E-state index is 12.7. The molecule has 0 atom stereocenters. The van der Waals surface area contributed by atoms with E-state index in [0.29, 0.717) is 6.54 Å². The molecule has 0 aromatic rings. The van der Waals surface area contributed by atoms with Crippen molar-refractivity contribution in [2.45, 2.75) is 51.9 Å². The van der Waals surface area contributed by atoms with Gasteiger partial charge in [0.15, 0.2) is 5.96 Å². The molecule has 0 bridgehead atoms. The summed E-state index contributed by atoms with van der Waals surface area (Å²) in [4.78, 5) is 21.3. The number of hydrogen-bond donors (Lipinski definition) is 2. The van der Waals surface area contributed by atoms with E-state index in [1.807, 2.05) is 21.1 Å². The molecule has 27 heavy (non-hydrogen) atoms. The van der Waals surface area contributed by atoms with Gasteiger partial charge in [0.25, 0.3) is 0 Å². The molecule has 0 aromatic heterocycles. The van der Waals surface area contributed by atoms with E-state index >= 15 is 0 Å². The second-order valence-electron chi connectivity index (χ2n) is 8.21. The lowest BCUT2D eigenvalue weighted by Crippen LogP contribution is -2.49. The molecule has 0 aromatic carbocycles. The third-order valence-corrected chi connectivity index (χ3v) is 6.24. The molecule has 1 amide bonds. The lowest BCUT2D eigenvalue weighted by atomic mass is 9.84. The zero-order valence-electron chi connectivity index (χ0n) is 17.7. The Bertz CT molecular complexity index is 469. The van der Waals surface area contributed by atoms with Crippen LogP contribution >= 0.6 is 24.0 Å². The van der Waals surface area contributed by atoms with E-state index in [0.717, 1.165) is 44.1 Å². The Kier molecular flexibility index (Phi) is 11.0. The van der Waals surface area contributed by atoms with Crippen LogP contribution in [-0.4, -0.2) is 75.5 Å². The third-order valence-electron chi connectivity index (χ3n) is 6.24. The first kappa shape index (κ1) is 24.5. The van der Waals surface area contributed by atoms with E-state index in [-0.39, 0.29) is 35.3 Å². The van der Waals surface area contributed by atoms with Crippen LogP contribution in [0.1, 0.15) is 51.9 Å². The summed E-state index contributed by atoms with van der Waals surface area (Å²) in [6.07, 6.45) is 8.05. The fourth-order valence-electron chi connectivity index (χ4n) is 4.45. The minimum absolute atomic E-state index is 0. The van der Waals surface area contributed by atoms with Crippen molar-refractivity contribution >= 4 is 35.8 Å². The molecular weight excluding hydrogens is 453 g/mol. The van der Waals surface area contributed by atoms with Crippen molar-refractivity contribution in [1.29, 1.82) is 0 Å². The van der Waals surface area contributed by atoms with Crippen molar-refractivity contribution in [3.8, 4) is 0 Å². The van der Waals surface area contributed by atoms with Crippen molar-refractivity contribution < 1.29 is 4.79 Å². The normalized spacial score (nSPS) is 20.8. The standard InChI is InChI=1S/C20H39N5O.HI/c1-5-25-14-9-17(10-15-25)8-13-22-19(21-2)23-16-20(11-6-7-12-20)18(26)24(3)4;/h17H,5-16H2,1-4H3,(H2,21,22,23);1H. The molecule has 2 fully saturated rings. The summed E-state index contributed by atoms with van der Waals surface area (Å²) in [6, 6.07) is 0. The Morgan fingerprint density at radius 3 is 2.33 bits per heavy atom. The van der Waals surface area contributed by atoms with Crippen LogP contribution in [0.4, 0.5) is 0 Å². The summed E-state index contributed by atoms with van der Waals surface area (Å²) < 4.78 is 0. The number of carbonyl (C=O) groups is 1. The maximum Gasteiger partial charge on any atom is 0.230 e. The number of nitrogens with zero attached hydrogens (tertiary/aromatic N) is 3. The van der Waals surface area contributed by atoms with Crippen LogP contribution in [0.2, 0.25) is 0 Å². The fourth-order valence-corrected chi connectivity index (χ4v) is 4.45. The summed E-state index contributed by atoms with van der Waals surface area (Å²) >= 11 is 0. The highest BCUT2D eigenvalue weighted by atomic mass is 127. The molecule has 2 N–H and O–H groups in total. The lowest BCUT2D eigenvalue weighted by Gasteiger charge is -2.32. The van der Waals surface area contributed by atoms with Crippen LogP contribution < -0.4 is 10.6 Å². The zero-order valence-corrected chi connectivity index (χ0v) is 20.1. The van der Waals surface area contributed by atoms with Gasteiger partial charge in [-0.3, -0.25) is 9.79 Å².